The monoisotopic (exact) mass is 325 g/mol. The first-order valence-corrected chi connectivity index (χ1v) is 6.59. The molecule has 9 heteroatoms. The number of aromatic nitrogens is 3. The van der Waals surface area contributed by atoms with Crippen molar-refractivity contribution in [2.45, 2.75) is 6.18 Å². The highest BCUT2D eigenvalue weighted by atomic mass is 19.4. The number of alkyl halides is 3. The fraction of sp³-hybridized carbons (Fsp3) is 0.143. The van der Waals surface area contributed by atoms with Gasteiger partial charge in [-0.3, -0.25) is 0 Å². The summed E-state index contributed by atoms with van der Waals surface area (Å²) in [6.07, 6.45) is -2.81. The molecule has 0 unspecified atom stereocenters. The lowest BCUT2D eigenvalue weighted by atomic mass is 10.3. The average molecular weight is 325 g/mol. The zero-order valence-corrected chi connectivity index (χ0v) is 11.6. The Morgan fingerprint density at radius 3 is 2.48 bits per heavy atom. The molecule has 0 aliphatic carbocycles. The van der Waals surface area contributed by atoms with Crippen LogP contribution in [0.3, 0.4) is 0 Å². The summed E-state index contributed by atoms with van der Waals surface area (Å²) in [7, 11) is 0. The number of hydrogen-bond acceptors (Lipinski definition) is 4. The van der Waals surface area contributed by atoms with Crippen molar-refractivity contribution in [2.75, 3.05) is 17.2 Å². The van der Waals surface area contributed by atoms with Crippen LogP contribution in [0.15, 0.2) is 36.5 Å². The van der Waals surface area contributed by atoms with E-state index in [1.807, 2.05) is 0 Å². The van der Waals surface area contributed by atoms with Crippen LogP contribution in [0.1, 0.15) is 0 Å². The fourth-order valence-electron chi connectivity index (χ4n) is 1.98. The first-order chi connectivity index (χ1) is 10.9. The van der Waals surface area contributed by atoms with E-state index >= 15 is 0 Å². The van der Waals surface area contributed by atoms with E-state index in [0.717, 1.165) is 0 Å². The number of anilines is 3. The number of nitrogens with zero attached hydrogens (tertiary/aromatic N) is 2. The van der Waals surface area contributed by atoms with Gasteiger partial charge in [-0.05, 0) is 30.3 Å². The van der Waals surface area contributed by atoms with Crippen LogP contribution in [0.5, 0.6) is 0 Å². The van der Waals surface area contributed by atoms with Crippen molar-refractivity contribution in [3.63, 3.8) is 0 Å². The van der Waals surface area contributed by atoms with Crippen LogP contribution in [0.2, 0.25) is 0 Å². The molecular formula is C14H11F4N5. The second kappa shape index (κ2) is 5.75. The van der Waals surface area contributed by atoms with Crippen molar-refractivity contribution in [1.29, 1.82) is 0 Å². The van der Waals surface area contributed by atoms with Crippen LogP contribution in [0.25, 0.3) is 11.0 Å². The van der Waals surface area contributed by atoms with Crippen LogP contribution < -0.4 is 10.6 Å². The maximum absolute atomic E-state index is 12.9. The van der Waals surface area contributed by atoms with E-state index in [4.69, 9.17) is 0 Å². The van der Waals surface area contributed by atoms with Crippen LogP contribution >= 0.6 is 0 Å². The average Bonchev–Trinajstić information content (AvgIpc) is 2.95. The molecule has 0 fully saturated rings. The van der Waals surface area contributed by atoms with Gasteiger partial charge in [0.1, 0.15) is 23.8 Å². The predicted molar refractivity (Wildman–Crippen MR) is 78.1 cm³/mol. The number of aromatic amines is 1. The Morgan fingerprint density at radius 2 is 1.78 bits per heavy atom. The molecule has 3 N–H and O–H groups in total. The summed E-state index contributed by atoms with van der Waals surface area (Å²) < 4.78 is 50.1. The first kappa shape index (κ1) is 15.1. The Bertz CT molecular complexity index is 810. The van der Waals surface area contributed by atoms with E-state index in [9.17, 15) is 17.6 Å². The minimum absolute atomic E-state index is 0.0539. The van der Waals surface area contributed by atoms with Gasteiger partial charge in [-0.25, -0.2) is 4.39 Å². The van der Waals surface area contributed by atoms with Gasteiger partial charge < -0.3 is 15.6 Å². The Balaban J connectivity index is 1.90. The van der Waals surface area contributed by atoms with Crippen molar-refractivity contribution in [3.8, 4) is 0 Å². The minimum Gasteiger partial charge on any atom is -0.360 e. The summed E-state index contributed by atoms with van der Waals surface area (Å²) >= 11 is 0. The molecule has 0 radical (unpaired) electrons. The molecular weight excluding hydrogens is 314 g/mol. The largest absolute Gasteiger partial charge is 0.405 e. The van der Waals surface area contributed by atoms with Crippen LogP contribution in [-0.4, -0.2) is 27.7 Å². The minimum atomic E-state index is -4.36. The van der Waals surface area contributed by atoms with Gasteiger partial charge in [-0.2, -0.15) is 23.1 Å². The molecule has 0 saturated heterocycles. The zero-order valence-electron chi connectivity index (χ0n) is 11.6. The van der Waals surface area contributed by atoms with Gasteiger partial charge in [-0.15, -0.1) is 0 Å². The van der Waals surface area contributed by atoms with E-state index in [2.05, 4.69) is 25.6 Å². The van der Waals surface area contributed by atoms with Crippen molar-refractivity contribution in [3.05, 3.63) is 42.3 Å². The first-order valence-electron chi connectivity index (χ1n) is 6.59. The number of benzene rings is 1. The molecule has 0 aliphatic heterocycles. The highest BCUT2D eigenvalue weighted by Gasteiger charge is 2.27. The molecule has 5 nitrogen and oxygen atoms in total. The molecule has 3 rings (SSSR count). The summed E-state index contributed by atoms with van der Waals surface area (Å²) in [6, 6.07) is 7.02. The van der Waals surface area contributed by atoms with Gasteiger partial charge in [-0.1, -0.05) is 0 Å². The summed E-state index contributed by atoms with van der Waals surface area (Å²) in [6.45, 7) is -1.21. The van der Waals surface area contributed by atoms with Crippen molar-refractivity contribution < 1.29 is 17.6 Å². The molecule has 0 atom stereocenters. The zero-order chi connectivity index (χ0) is 16.4. The van der Waals surface area contributed by atoms with Crippen molar-refractivity contribution in [2.24, 2.45) is 0 Å². The van der Waals surface area contributed by atoms with Gasteiger partial charge in [0.05, 0.1) is 5.39 Å². The van der Waals surface area contributed by atoms with Crippen LogP contribution in [0.4, 0.5) is 35.0 Å². The SMILES string of the molecule is Fc1ccc(Nc2nc(NCC(F)(F)F)c3cc[nH]c3n2)cc1. The summed E-state index contributed by atoms with van der Waals surface area (Å²) in [5.74, 6) is -0.252. The lowest BCUT2D eigenvalue weighted by Gasteiger charge is -2.11. The van der Waals surface area contributed by atoms with Gasteiger partial charge in [0.15, 0.2) is 0 Å². The molecule has 120 valence electrons. The molecule has 1 aromatic carbocycles. The number of fused-ring (bicyclic) bond motifs is 1. The summed E-state index contributed by atoms with van der Waals surface area (Å²) in [5, 5.41) is 5.52. The van der Waals surface area contributed by atoms with Gasteiger partial charge >= 0.3 is 6.18 Å². The Kier molecular flexibility index (Phi) is 3.77. The molecule has 0 saturated carbocycles. The summed E-state index contributed by atoms with van der Waals surface area (Å²) in [5.41, 5.74) is 0.897. The van der Waals surface area contributed by atoms with Crippen LogP contribution in [0, 0.1) is 5.82 Å². The molecule has 2 heterocycles. The topological polar surface area (TPSA) is 65.6 Å². The highest BCUT2D eigenvalue weighted by molar-refractivity contribution is 5.88. The number of H-pyrrole nitrogens is 1. The Hall–Kier alpha value is -2.84. The van der Waals surface area contributed by atoms with E-state index < -0.39 is 18.5 Å². The molecule has 0 aliphatic rings. The van der Waals surface area contributed by atoms with E-state index in [1.54, 1.807) is 12.3 Å². The molecule has 0 spiro atoms. The lowest BCUT2D eigenvalue weighted by molar-refractivity contribution is -0.115. The van der Waals surface area contributed by atoms with Crippen LogP contribution in [-0.2, 0) is 0 Å². The molecule has 23 heavy (non-hydrogen) atoms. The maximum Gasteiger partial charge on any atom is 0.405 e. The van der Waals surface area contributed by atoms with Crippen molar-refractivity contribution >= 4 is 28.5 Å². The quantitative estimate of drug-likeness (QED) is 0.638. The Labute approximate surface area is 127 Å². The highest BCUT2D eigenvalue weighted by Crippen LogP contribution is 2.24. The maximum atomic E-state index is 12.9. The molecule has 0 amide bonds. The number of rotatable bonds is 4. The predicted octanol–water partition coefficient (Wildman–Crippen LogP) is 3.81. The number of nitrogens with one attached hydrogen (secondary N) is 3. The third kappa shape index (κ3) is 3.68. The molecule has 0 bridgehead atoms. The molecule has 3 aromatic rings. The van der Waals surface area contributed by atoms with Gasteiger partial charge in [0, 0.05) is 11.9 Å². The van der Waals surface area contributed by atoms with Gasteiger partial charge in [0.2, 0.25) is 5.95 Å². The van der Waals surface area contributed by atoms with Crippen molar-refractivity contribution in [1.82, 2.24) is 15.0 Å². The number of halogens is 4. The van der Waals surface area contributed by atoms with E-state index in [0.29, 0.717) is 16.7 Å². The van der Waals surface area contributed by atoms with E-state index in [1.165, 1.54) is 24.3 Å². The fourth-order valence-corrected chi connectivity index (χ4v) is 1.98. The third-order valence-electron chi connectivity index (χ3n) is 2.97. The second-order valence-corrected chi connectivity index (χ2v) is 4.74. The second-order valence-electron chi connectivity index (χ2n) is 4.74. The normalized spacial score (nSPS) is 11.7. The third-order valence-corrected chi connectivity index (χ3v) is 2.97. The number of hydrogen-bond donors (Lipinski definition) is 3. The van der Waals surface area contributed by atoms with Gasteiger partial charge in [0.25, 0.3) is 0 Å². The summed E-state index contributed by atoms with van der Waals surface area (Å²) in [4.78, 5) is 11.0. The van der Waals surface area contributed by atoms with E-state index in [-0.39, 0.29) is 11.8 Å². The molecule has 2 aromatic heterocycles. The Morgan fingerprint density at radius 1 is 1.04 bits per heavy atom. The smallest absolute Gasteiger partial charge is 0.360 e. The lowest BCUT2D eigenvalue weighted by Crippen LogP contribution is -2.22. The standard InChI is InChI=1S/C14H11F4N5/c15-8-1-3-9(4-2-8)21-13-22-11-10(5-6-19-11)12(23-13)20-7-14(16,17)18/h1-6H,7H2,(H3,19,20,21,22,23).